The third-order valence-electron chi connectivity index (χ3n) is 3.29. The lowest BCUT2D eigenvalue weighted by atomic mass is 10.2. The van der Waals surface area contributed by atoms with E-state index in [2.05, 4.69) is 0 Å². The third-order valence-corrected chi connectivity index (χ3v) is 5.18. The molecule has 2 rings (SSSR count). The van der Waals surface area contributed by atoms with Crippen LogP contribution in [0, 0.1) is 13.8 Å². The van der Waals surface area contributed by atoms with Crippen LogP contribution in [0.5, 0.6) is 0 Å². The molecule has 1 fully saturated rings. The van der Waals surface area contributed by atoms with Gasteiger partial charge in [0.15, 0.2) is 0 Å². The number of hydrogen-bond donors (Lipinski definition) is 1. The van der Waals surface area contributed by atoms with Gasteiger partial charge in [0.25, 0.3) is 0 Å². The SMILES string of the molecule is Cc1cc(C)cc(S(=O)(=O)N2CCC[C@@H]2C(=O)O)c1. The van der Waals surface area contributed by atoms with Crippen LogP contribution in [-0.4, -0.2) is 36.4 Å². The molecule has 1 heterocycles. The minimum atomic E-state index is -3.73. The molecule has 1 aromatic carbocycles. The lowest BCUT2D eigenvalue weighted by molar-refractivity contribution is -0.140. The maximum atomic E-state index is 12.5. The van der Waals surface area contributed by atoms with Gasteiger partial charge in [-0.15, -0.1) is 0 Å². The average molecular weight is 283 g/mol. The second kappa shape index (κ2) is 4.94. The molecule has 1 aliphatic rings. The highest BCUT2D eigenvalue weighted by Crippen LogP contribution is 2.27. The lowest BCUT2D eigenvalue weighted by Crippen LogP contribution is -2.40. The Kier molecular flexibility index (Phi) is 3.64. The van der Waals surface area contributed by atoms with Crippen molar-refractivity contribution < 1.29 is 18.3 Å². The zero-order valence-electron chi connectivity index (χ0n) is 11.0. The van der Waals surface area contributed by atoms with Crippen LogP contribution >= 0.6 is 0 Å². The number of carboxylic acids is 1. The summed E-state index contributed by atoms with van der Waals surface area (Å²) in [5.41, 5.74) is 1.70. The summed E-state index contributed by atoms with van der Waals surface area (Å²) in [6.45, 7) is 3.92. The zero-order chi connectivity index (χ0) is 14.2. The molecule has 0 bridgehead atoms. The Labute approximate surface area is 112 Å². The second-order valence-electron chi connectivity index (χ2n) is 4.94. The molecule has 1 aliphatic heterocycles. The summed E-state index contributed by atoms with van der Waals surface area (Å²) >= 11 is 0. The fourth-order valence-electron chi connectivity index (χ4n) is 2.49. The molecule has 0 aliphatic carbocycles. The Morgan fingerprint density at radius 1 is 1.26 bits per heavy atom. The molecular formula is C13H17NO4S. The van der Waals surface area contributed by atoms with Gasteiger partial charge in [-0.3, -0.25) is 4.79 Å². The maximum Gasteiger partial charge on any atom is 0.322 e. The highest BCUT2D eigenvalue weighted by Gasteiger charge is 2.39. The van der Waals surface area contributed by atoms with E-state index in [1.165, 1.54) is 0 Å². The molecule has 0 unspecified atom stereocenters. The number of aryl methyl sites for hydroxylation is 2. The second-order valence-corrected chi connectivity index (χ2v) is 6.83. The summed E-state index contributed by atoms with van der Waals surface area (Å²) in [6.07, 6.45) is 0.959. The van der Waals surface area contributed by atoms with Crippen molar-refractivity contribution in [3.05, 3.63) is 29.3 Å². The highest BCUT2D eigenvalue weighted by molar-refractivity contribution is 7.89. The van der Waals surface area contributed by atoms with Gasteiger partial charge < -0.3 is 5.11 Å². The van der Waals surface area contributed by atoms with Gasteiger partial charge in [0.1, 0.15) is 6.04 Å². The fourth-order valence-corrected chi connectivity index (χ4v) is 4.33. The van der Waals surface area contributed by atoms with Gasteiger partial charge in [0.05, 0.1) is 4.90 Å². The van der Waals surface area contributed by atoms with Crippen molar-refractivity contribution in [2.75, 3.05) is 6.54 Å². The Morgan fingerprint density at radius 2 is 1.84 bits per heavy atom. The molecule has 0 radical (unpaired) electrons. The van der Waals surface area contributed by atoms with Crippen molar-refractivity contribution in [3.8, 4) is 0 Å². The molecule has 0 spiro atoms. The van der Waals surface area contributed by atoms with E-state index in [1.54, 1.807) is 12.1 Å². The summed E-state index contributed by atoms with van der Waals surface area (Å²) in [5.74, 6) is -1.08. The van der Waals surface area contributed by atoms with Gasteiger partial charge in [-0.25, -0.2) is 8.42 Å². The van der Waals surface area contributed by atoms with Gasteiger partial charge in [0, 0.05) is 6.54 Å². The van der Waals surface area contributed by atoms with Crippen LogP contribution in [0.15, 0.2) is 23.1 Å². The summed E-state index contributed by atoms with van der Waals surface area (Å²) in [6, 6.07) is 4.11. The molecule has 1 N–H and O–H groups in total. The van der Waals surface area contributed by atoms with Crippen LogP contribution in [-0.2, 0) is 14.8 Å². The standard InChI is InChI=1S/C13H17NO4S/c1-9-6-10(2)8-11(7-9)19(17,18)14-5-3-4-12(14)13(15)16/h6-8,12H,3-5H2,1-2H3,(H,15,16)/t12-/m1/s1. The van der Waals surface area contributed by atoms with Crippen LogP contribution < -0.4 is 0 Å². The first kappa shape index (κ1) is 14.0. The average Bonchev–Trinajstić information content (AvgIpc) is 2.76. The highest BCUT2D eigenvalue weighted by atomic mass is 32.2. The Balaban J connectivity index is 2.44. The van der Waals surface area contributed by atoms with Crippen LogP contribution in [0.4, 0.5) is 0 Å². The van der Waals surface area contributed by atoms with E-state index in [0.29, 0.717) is 12.8 Å². The molecule has 0 amide bonds. The number of nitrogens with zero attached hydrogens (tertiary/aromatic N) is 1. The normalized spacial score (nSPS) is 20.6. The van der Waals surface area contributed by atoms with E-state index < -0.39 is 22.0 Å². The van der Waals surface area contributed by atoms with E-state index in [-0.39, 0.29) is 11.4 Å². The molecule has 0 aromatic heterocycles. The Bertz CT molecular complexity index is 589. The predicted molar refractivity (Wildman–Crippen MR) is 70.5 cm³/mol. The Morgan fingerprint density at radius 3 is 2.37 bits per heavy atom. The molecule has 1 atom stereocenters. The largest absolute Gasteiger partial charge is 0.480 e. The molecular weight excluding hydrogens is 266 g/mol. The Hall–Kier alpha value is -1.40. The van der Waals surface area contributed by atoms with Gasteiger partial charge in [-0.1, -0.05) is 6.07 Å². The first-order valence-electron chi connectivity index (χ1n) is 6.15. The number of aliphatic carboxylic acids is 1. The van der Waals surface area contributed by atoms with Crippen molar-refractivity contribution >= 4 is 16.0 Å². The minimum absolute atomic E-state index is 0.179. The lowest BCUT2D eigenvalue weighted by Gasteiger charge is -2.21. The fraction of sp³-hybridized carbons (Fsp3) is 0.462. The first-order chi connectivity index (χ1) is 8.82. The van der Waals surface area contributed by atoms with Crippen molar-refractivity contribution in [2.24, 2.45) is 0 Å². The minimum Gasteiger partial charge on any atom is -0.480 e. The number of sulfonamides is 1. The monoisotopic (exact) mass is 283 g/mol. The van der Waals surface area contributed by atoms with Crippen LogP contribution in [0.2, 0.25) is 0 Å². The third kappa shape index (κ3) is 2.64. The van der Waals surface area contributed by atoms with Gasteiger partial charge in [0.2, 0.25) is 10.0 Å². The summed E-state index contributed by atoms with van der Waals surface area (Å²) in [5, 5.41) is 9.10. The van der Waals surface area contributed by atoms with E-state index >= 15 is 0 Å². The van der Waals surface area contributed by atoms with Gasteiger partial charge in [-0.2, -0.15) is 4.31 Å². The van der Waals surface area contributed by atoms with Gasteiger partial charge >= 0.3 is 5.97 Å². The van der Waals surface area contributed by atoms with E-state index in [1.807, 2.05) is 19.9 Å². The molecule has 5 nitrogen and oxygen atoms in total. The smallest absolute Gasteiger partial charge is 0.322 e. The van der Waals surface area contributed by atoms with Crippen LogP contribution in [0.25, 0.3) is 0 Å². The topological polar surface area (TPSA) is 74.7 Å². The molecule has 104 valence electrons. The number of hydrogen-bond acceptors (Lipinski definition) is 3. The van der Waals surface area contributed by atoms with E-state index in [0.717, 1.165) is 15.4 Å². The van der Waals surface area contributed by atoms with Gasteiger partial charge in [-0.05, 0) is 49.9 Å². The van der Waals surface area contributed by atoms with Crippen LogP contribution in [0.1, 0.15) is 24.0 Å². The molecule has 19 heavy (non-hydrogen) atoms. The van der Waals surface area contributed by atoms with E-state index in [4.69, 9.17) is 5.11 Å². The molecule has 1 aromatic rings. The maximum absolute atomic E-state index is 12.5. The number of carboxylic acid groups (broad SMARTS) is 1. The quantitative estimate of drug-likeness (QED) is 0.913. The van der Waals surface area contributed by atoms with Crippen molar-refractivity contribution in [1.29, 1.82) is 0 Å². The van der Waals surface area contributed by atoms with Crippen molar-refractivity contribution in [3.63, 3.8) is 0 Å². The summed E-state index contributed by atoms with van der Waals surface area (Å²) in [7, 11) is -3.73. The molecule has 6 heteroatoms. The summed E-state index contributed by atoms with van der Waals surface area (Å²) < 4.78 is 26.1. The van der Waals surface area contributed by atoms with Crippen LogP contribution in [0.3, 0.4) is 0 Å². The number of rotatable bonds is 3. The zero-order valence-corrected chi connectivity index (χ0v) is 11.8. The predicted octanol–water partition coefficient (Wildman–Crippen LogP) is 1.54. The first-order valence-corrected chi connectivity index (χ1v) is 7.59. The summed E-state index contributed by atoms with van der Waals surface area (Å²) in [4.78, 5) is 11.3. The van der Waals surface area contributed by atoms with E-state index in [9.17, 15) is 13.2 Å². The number of benzene rings is 1. The van der Waals surface area contributed by atoms with Crippen molar-refractivity contribution in [2.45, 2.75) is 37.6 Å². The molecule has 0 saturated carbocycles. The van der Waals surface area contributed by atoms with Crippen molar-refractivity contribution in [1.82, 2.24) is 4.31 Å². The number of carbonyl (C=O) groups is 1. The molecule has 1 saturated heterocycles.